The van der Waals surface area contributed by atoms with E-state index in [1.165, 1.54) is 83.2 Å². The van der Waals surface area contributed by atoms with Crippen LogP contribution in [0.25, 0.3) is 22.2 Å². The van der Waals surface area contributed by atoms with E-state index in [2.05, 4.69) is 94.4 Å². The Morgan fingerprint density at radius 3 is 2.25 bits per heavy atom. The van der Waals surface area contributed by atoms with Crippen LogP contribution in [0.1, 0.15) is 47.9 Å². The second-order valence-electron chi connectivity index (χ2n) is 12.1. The smallest absolute Gasteiger partial charge is 0.120 e. The zero-order valence-electron chi connectivity index (χ0n) is 25.8. The fourth-order valence-electron chi connectivity index (χ4n) is 6.88. The lowest BCUT2D eigenvalue weighted by Gasteiger charge is -2.21. The number of methoxy groups -OCH3 is 1. The normalized spacial score (nSPS) is 14.9. The van der Waals surface area contributed by atoms with Crippen LogP contribution in [-0.4, -0.2) is 42.8 Å². The summed E-state index contributed by atoms with van der Waals surface area (Å²) in [6.07, 6.45) is 7.34. The molecule has 5 nitrogen and oxygen atoms in total. The number of rotatable bonds is 10. The summed E-state index contributed by atoms with van der Waals surface area (Å²) in [5, 5.41) is 1.28. The van der Waals surface area contributed by atoms with Crippen molar-refractivity contribution in [3.8, 4) is 28.5 Å². The molecule has 2 aliphatic rings. The fourth-order valence-corrected chi connectivity index (χ4v) is 6.88. The third kappa shape index (κ3) is 6.20. The Labute approximate surface area is 261 Å². The summed E-state index contributed by atoms with van der Waals surface area (Å²) in [6.45, 7) is 5.50. The summed E-state index contributed by atoms with van der Waals surface area (Å²) >= 11 is 0. The van der Waals surface area contributed by atoms with E-state index in [4.69, 9.17) is 14.2 Å². The van der Waals surface area contributed by atoms with Gasteiger partial charge in [-0.1, -0.05) is 55.3 Å². The first kappa shape index (κ1) is 28.5. The van der Waals surface area contributed by atoms with Crippen molar-refractivity contribution >= 4 is 10.9 Å². The van der Waals surface area contributed by atoms with Crippen LogP contribution in [0.5, 0.6) is 17.2 Å². The summed E-state index contributed by atoms with van der Waals surface area (Å²) in [5.74, 6) is 2.77. The molecule has 1 aromatic heterocycles. The van der Waals surface area contributed by atoms with Gasteiger partial charge in [0.25, 0.3) is 0 Å². The van der Waals surface area contributed by atoms with Gasteiger partial charge >= 0.3 is 0 Å². The van der Waals surface area contributed by atoms with E-state index in [-0.39, 0.29) is 0 Å². The second-order valence-corrected chi connectivity index (χ2v) is 12.1. The Balaban J connectivity index is 1.15. The lowest BCUT2D eigenvalue weighted by atomic mass is 9.88. The Morgan fingerprint density at radius 2 is 1.45 bits per heavy atom. The predicted molar refractivity (Wildman–Crippen MR) is 178 cm³/mol. The quantitative estimate of drug-likeness (QED) is 0.165. The van der Waals surface area contributed by atoms with Crippen molar-refractivity contribution in [1.29, 1.82) is 0 Å². The van der Waals surface area contributed by atoms with Crippen LogP contribution >= 0.6 is 0 Å². The zero-order chi connectivity index (χ0) is 29.7. The molecule has 2 heterocycles. The number of fused-ring (bicyclic) bond motifs is 5. The number of aromatic nitrogens is 1. The number of likely N-dealkylation sites (tertiary alicyclic amines) is 1. The Bertz CT molecular complexity index is 1700. The van der Waals surface area contributed by atoms with Gasteiger partial charge in [-0.25, -0.2) is 0 Å². The molecule has 0 amide bonds. The average Bonchev–Trinajstić information content (AvgIpc) is 3.19. The topological polar surface area (TPSA) is 35.9 Å². The summed E-state index contributed by atoms with van der Waals surface area (Å²) in [5.41, 5.74) is 9.01. The monoisotopic (exact) mass is 586 g/mol. The molecule has 1 aliphatic carbocycles. The van der Waals surface area contributed by atoms with Crippen molar-refractivity contribution in [2.45, 2.75) is 51.7 Å². The van der Waals surface area contributed by atoms with Crippen LogP contribution in [-0.2, 0) is 26.0 Å². The van der Waals surface area contributed by atoms with E-state index >= 15 is 0 Å². The zero-order valence-corrected chi connectivity index (χ0v) is 25.8. The van der Waals surface area contributed by atoms with Gasteiger partial charge < -0.3 is 18.8 Å². The highest BCUT2D eigenvalue weighted by molar-refractivity contribution is 5.94. The van der Waals surface area contributed by atoms with Gasteiger partial charge in [-0.15, -0.1) is 0 Å². The number of hydrogen-bond donors (Lipinski definition) is 0. The van der Waals surface area contributed by atoms with Crippen LogP contribution in [0.4, 0.5) is 0 Å². The second kappa shape index (κ2) is 13.2. The lowest BCUT2D eigenvalue weighted by Crippen LogP contribution is -2.29. The van der Waals surface area contributed by atoms with E-state index in [0.29, 0.717) is 6.61 Å². The maximum Gasteiger partial charge on any atom is 0.120 e. The van der Waals surface area contributed by atoms with Gasteiger partial charge in [-0.05, 0) is 110 Å². The first-order valence-electron chi connectivity index (χ1n) is 16.2. The van der Waals surface area contributed by atoms with E-state index < -0.39 is 0 Å². The number of nitrogens with zero attached hydrogens (tertiary/aromatic N) is 2. The van der Waals surface area contributed by atoms with E-state index in [1.54, 1.807) is 7.11 Å². The maximum absolute atomic E-state index is 6.27. The number of hydrogen-bond acceptors (Lipinski definition) is 4. The van der Waals surface area contributed by atoms with Gasteiger partial charge in [0.05, 0.1) is 12.8 Å². The number of aryl methyl sites for hydroxylation is 2. The highest BCUT2D eigenvalue weighted by atomic mass is 16.5. The summed E-state index contributed by atoms with van der Waals surface area (Å²) in [6, 6.07) is 32.2. The van der Waals surface area contributed by atoms with Gasteiger partial charge in [0.1, 0.15) is 30.5 Å². The van der Waals surface area contributed by atoms with Crippen LogP contribution in [0.15, 0.2) is 91.0 Å². The number of benzene rings is 4. The molecule has 5 aromatic rings. The van der Waals surface area contributed by atoms with Crippen molar-refractivity contribution < 1.29 is 14.2 Å². The van der Waals surface area contributed by atoms with Gasteiger partial charge in [0, 0.05) is 29.6 Å². The molecule has 226 valence electrons. The average molecular weight is 587 g/mol. The van der Waals surface area contributed by atoms with Crippen LogP contribution in [0.3, 0.4) is 0 Å². The first-order valence-corrected chi connectivity index (χ1v) is 16.2. The van der Waals surface area contributed by atoms with Crippen molar-refractivity contribution in [2.24, 2.45) is 0 Å². The molecule has 0 saturated carbocycles. The Hall–Kier alpha value is -4.22. The Morgan fingerprint density at radius 1 is 0.682 bits per heavy atom. The molecule has 1 fully saturated rings. The Kier molecular flexibility index (Phi) is 8.56. The standard InChI is InChI=1S/C39H42N2O3/c1-42-33-16-19-35-31(25-33)13-18-36-37-26-34(44-28-30-9-5-4-6-10-30)17-20-38(37)41(39(35)36)27-29-11-14-32(15-12-29)43-24-23-40-21-7-2-3-8-22-40/h4-6,9-12,14-17,19-20,25-26H,2-3,7-8,13,18,21-24,27-28H2,1H3. The summed E-state index contributed by atoms with van der Waals surface area (Å²) in [4.78, 5) is 2.55. The molecule has 5 heteroatoms. The molecular weight excluding hydrogens is 544 g/mol. The minimum absolute atomic E-state index is 0.560. The largest absolute Gasteiger partial charge is 0.497 e. The third-order valence-corrected chi connectivity index (χ3v) is 9.24. The third-order valence-electron chi connectivity index (χ3n) is 9.24. The van der Waals surface area contributed by atoms with E-state index in [1.807, 2.05) is 6.07 Å². The van der Waals surface area contributed by atoms with Gasteiger partial charge in [0.2, 0.25) is 0 Å². The summed E-state index contributed by atoms with van der Waals surface area (Å²) < 4.78 is 20.5. The molecule has 44 heavy (non-hydrogen) atoms. The van der Waals surface area contributed by atoms with E-state index in [9.17, 15) is 0 Å². The molecule has 0 N–H and O–H groups in total. The number of ether oxygens (including phenoxy) is 3. The van der Waals surface area contributed by atoms with Crippen molar-refractivity contribution in [1.82, 2.24) is 9.47 Å². The SMILES string of the molecule is COc1ccc2c(c1)CCc1c-2n(Cc2ccc(OCCN3CCCCCC3)cc2)c2ccc(OCc3ccccc3)cc12. The molecule has 0 spiro atoms. The van der Waals surface area contributed by atoms with E-state index in [0.717, 1.165) is 49.8 Å². The minimum atomic E-state index is 0.560. The fraction of sp³-hybridized carbons (Fsp3) is 0.333. The van der Waals surface area contributed by atoms with Gasteiger partial charge in [-0.3, -0.25) is 4.90 Å². The van der Waals surface area contributed by atoms with Crippen LogP contribution in [0, 0.1) is 0 Å². The molecule has 0 bridgehead atoms. The highest BCUT2D eigenvalue weighted by Gasteiger charge is 2.25. The molecular formula is C39H42N2O3. The molecule has 1 saturated heterocycles. The van der Waals surface area contributed by atoms with Crippen LogP contribution < -0.4 is 14.2 Å². The lowest BCUT2D eigenvalue weighted by molar-refractivity contribution is 0.214. The molecule has 0 radical (unpaired) electrons. The molecule has 1 aliphatic heterocycles. The van der Waals surface area contributed by atoms with Crippen molar-refractivity contribution in [3.63, 3.8) is 0 Å². The van der Waals surface area contributed by atoms with Crippen LogP contribution in [0.2, 0.25) is 0 Å². The first-order chi connectivity index (χ1) is 21.7. The molecule has 0 atom stereocenters. The molecule has 7 rings (SSSR count). The predicted octanol–water partition coefficient (Wildman–Crippen LogP) is 8.30. The molecule has 0 unspecified atom stereocenters. The van der Waals surface area contributed by atoms with Crippen molar-refractivity contribution in [3.05, 3.63) is 113 Å². The van der Waals surface area contributed by atoms with Gasteiger partial charge in [-0.2, -0.15) is 0 Å². The maximum atomic E-state index is 6.27. The minimum Gasteiger partial charge on any atom is -0.497 e. The molecule has 4 aromatic carbocycles. The van der Waals surface area contributed by atoms with Crippen molar-refractivity contribution in [2.75, 3.05) is 33.4 Å². The highest BCUT2D eigenvalue weighted by Crippen LogP contribution is 2.42. The van der Waals surface area contributed by atoms with Gasteiger partial charge in [0.15, 0.2) is 0 Å². The summed E-state index contributed by atoms with van der Waals surface area (Å²) in [7, 11) is 1.74.